The van der Waals surface area contributed by atoms with E-state index in [1.807, 2.05) is 32.0 Å². The summed E-state index contributed by atoms with van der Waals surface area (Å²) in [5, 5.41) is 2.87. The summed E-state index contributed by atoms with van der Waals surface area (Å²) in [4.78, 5) is 15.7. The van der Waals surface area contributed by atoms with Crippen molar-refractivity contribution in [1.29, 1.82) is 0 Å². The molecule has 0 spiro atoms. The lowest BCUT2D eigenvalue weighted by Crippen LogP contribution is -2.15. The monoisotopic (exact) mass is 230 g/mol. The fraction of sp³-hybridized carbons (Fsp3) is 0.231. The van der Waals surface area contributed by atoms with Gasteiger partial charge >= 0.3 is 0 Å². The molecule has 0 bridgehead atoms. The number of benzene rings is 1. The normalized spacial score (nSPS) is 10.2. The zero-order valence-corrected chi connectivity index (χ0v) is 9.86. The number of nitrogens with one attached hydrogen (secondary N) is 1. The molecule has 1 aromatic carbocycles. The molecule has 2 rings (SSSR count). The van der Waals surface area contributed by atoms with Crippen LogP contribution in [0.25, 0.3) is 0 Å². The Hall–Kier alpha value is -2.10. The highest BCUT2D eigenvalue weighted by atomic mass is 16.3. The molecule has 1 heterocycles. The summed E-state index contributed by atoms with van der Waals surface area (Å²) in [5.74, 6) is -0.0902. The van der Waals surface area contributed by atoms with E-state index in [9.17, 15) is 4.79 Å². The number of rotatable bonds is 3. The summed E-state index contributed by atoms with van der Waals surface area (Å²) in [7, 11) is 0. The molecular weight excluding hydrogens is 216 g/mol. The highest BCUT2D eigenvalue weighted by Gasteiger charge is 2.07. The highest BCUT2D eigenvalue weighted by molar-refractivity contribution is 5.92. The molecule has 1 N–H and O–H groups in total. The van der Waals surface area contributed by atoms with E-state index in [1.54, 1.807) is 0 Å². The molecule has 17 heavy (non-hydrogen) atoms. The van der Waals surface area contributed by atoms with Crippen molar-refractivity contribution < 1.29 is 9.21 Å². The Morgan fingerprint density at radius 3 is 2.94 bits per heavy atom. The first-order chi connectivity index (χ1) is 8.15. The molecule has 0 saturated heterocycles. The van der Waals surface area contributed by atoms with Gasteiger partial charge in [-0.25, -0.2) is 4.98 Å². The van der Waals surface area contributed by atoms with Crippen molar-refractivity contribution in [3.63, 3.8) is 0 Å². The minimum Gasteiger partial charge on any atom is -0.451 e. The standard InChI is InChI=1S/C13H14N2O2/c1-9-3-4-10(2)12(5-9)15-13(16)6-11-7-17-8-14-11/h3-5,7-8H,6H2,1-2H3,(H,15,16). The van der Waals surface area contributed by atoms with Gasteiger partial charge in [0.15, 0.2) is 6.39 Å². The molecule has 1 amide bonds. The SMILES string of the molecule is Cc1ccc(C)c(NC(=O)Cc2cocn2)c1. The van der Waals surface area contributed by atoms with Crippen molar-refractivity contribution in [3.05, 3.63) is 47.7 Å². The van der Waals surface area contributed by atoms with Gasteiger partial charge in [0.2, 0.25) is 5.91 Å². The Balaban J connectivity index is 2.05. The van der Waals surface area contributed by atoms with Gasteiger partial charge in [-0.3, -0.25) is 4.79 Å². The van der Waals surface area contributed by atoms with E-state index in [4.69, 9.17) is 4.42 Å². The minimum atomic E-state index is -0.0902. The summed E-state index contributed by atoms with van der Waals surface area (Å²) in [6.07, 6.45) is 3.02. The van der Waals surface area contributed by atoms with Crippen LogP contribution >= 0.6 is 0 Å². The van der Waals surface area contributed by atoms with Crippen molar-refractivity contribution in [1.82, 2.24) is 4.98 Å². The van der Waals surface area contributed by atoms with Gasteiger partial charge in [0.1, 0.15) is 6.26 Å². The van der Waals surface area contributed by atoms with Crippen LogP contribution in [0.5, 0.6) is 0 Å². The summed E-state index contributed by atoms with van der Waals surface area (Å²) in [6, 6.07) is 5.96. The number of oxazole rings is 1. The lowest BCUT2D eigenvalue weighted by atomic mass is 10.1. The van der Waals surface area contributed by atoms with Crippen LogP contribution < -0.4 is 5.32 Å². The number of aromatic nitrogens is 1. The van der Waals surface area contributed by atoms with Crippen LogP contribution in [-0.4, -0.2) is 10.9 Å². The molecule has 0 atom stereocenters. The van der Waals surface area contributed by atoms with Crippen molar-refractivity contribution in [2.24, 2.45) is 0 Å². The van der Waals surface area contributed by atoms with E-state index in [0.29, 0.717) is 5.69 Å². The summed E-state index contributed by atoms with van der Waals surface area (Å²) in [6.45, 7) is 3.96. The molecule has 0 fully saturated rings. The topological polar surface area (TPSA) is 55.1 Å². The molecule has 0 aliphatic carbocycles. The van der Waals surface area contributed by atoms with Gasteiger partial charge in [-0.05, 0) is 31.0 Å². The molecule has 0 saturated carbocycles. The Bertz CT molecular complexity index is 518. The molecule has 4 heteroatoms. The number of hydrogen-bond donors (Lipinski definition) is 1. The van der Waals surface area contributed by atoms with Crippen LogP contribution in [0.2, 0.25) is 0 Å². The van der Waals surface area contributed by atoms with Gasteiger partial charge in [0, 0.05) is 5.69 Å². The largest absolute Gasteiger partial charge is 0.451 e. The number of nitrogens with zero attached hydrogens (tertiary/aromatic N) is 1. The van der Waals surface area contributed by atoms with Gasteiger partial charge in [-0.1, -0.05) is 12.1 Å². The summed E-state index contributed by atoms with van der Waals surface area (Å²) in [5.41, 5.74) is 3.64. The molecular formula is C13H14N2O2. The van der Waals surface area contributed by atoms with Crippen LogP contribution in [0.1, 0.15) is 16.8 Å². The van der Waals surface area contributed by atoms with Crippen LogP contribution in [-0.2, 0) is 11.2 Å². The maximum Gasteiger partial charge on any atom is 0.230 e. The maximum atomic E-state index is 11.8. The highest BCUT2D eigenvalue weighted by Crippen LogP contribution is 2.16. The second-order valence-electron chi connectivity index (χ2n) is 4.02. The number of aryl methyl sites for hydroxylation is 2. The second kappa shape index (κ2) is 4.82. The first-order valence-electron chi connectivity index (χ1n) is 5.39. The zero-order valence-electron chi connectivity index (χ0n) is 9.86. The molecule has 0 unspecified atom stereocenters. The number of hydrogen-bond acceptors (Lipinski definition) is 3. The summed E-state index contributed by atoms with van der Waals surface area (Å²) >= 11 is 0. The van der Waals surface area contributed by atoms with Crippen molar-refractivity contribution in [2.45, 2.75) is 20.3 Å². The number of anilines is 1. The van der Waals surface area contributed by atoms with E-state index in [1.165, 1.54) is 12.7 Å². The van der Waals surface area contributed by atoms with Crippen LogP contribution in [0, 0.1) is 13.8 Å². The van der Waals surface area contributed by atoms with Gasteiger partial charge in [-0.2, -0.15) is 0 Å². The maximum absolute atomic E-state index is 11.8. The third-order valence-corrected chi connectivity index (χ3v) is 2.49. The van der Waals surface area contributed by atoms with Crippen molar-refractivity contribution in [2.75, 3.05) is 5.32 Å². The molecule has 88 valence electrons. The Kier molecular flexibility index (Phi) is 3.23. The van der Waals surface area contributed by atoms with Crippen molar-refractivity contribution >= 4 is 11.6 Å². The minimum absolute atomic E-state index is 0.0902. The second-order valence-corrected chi connectivity index (χ2v) is 4.02. The van der Waals surface area contributed by atoms with Gasteiger partial charge in [0.05, 0.1) is 12.1 Å². The lowest BCUT2D eigenvalue weighted by molar-refractivity contribution is -0.115. The van der Waals surface area contributed by atoms with E-state index in [2.05, 4.69) is 10.3 Å². The first kappa shape index (κ1) is 11.4. The van der Waals surface area contributed by atoms with Crippen LogP contribution in [0.15, 0.2) is 35.3 Å². The van der Waals surface area contributed by atoms with Crippen LogP contribution in [0.4, 0.5) is 5.69 Å². The van der Waals surface area contributed by atoms with E-state index >= 15 is 0 Å². The third kappa shape index (κ3) is 2.93. The number of amides is 1. The molecule has 0 aliphatic heterocycles. The Morgan fingerprint density at radius 2 is 2.24 bits per heavy atom. The van der Waals surface area contributed by atoms with Crippen molar-refractivity contribution in [3.8, 4) is 0 Å². The van der Waals surface area contributed by atoms with E-state index in [-0.39, 0.29) is 12.3 Å². The third-order valence-electron chi connectivity index (χ3n) is 2.49. The fourth-order valence-electron chi connectivity index (χ4n) is 1.55. The first-order valence-corrected chi connectivity index (χ1v) is 5.39. The molecule has 0 aliphatic rings. The average molecular weight is 230 g/mol. The molecule has 1 aromatic heterocycles. The van der Waals surface area contributed by atoms with Crippen LogP contribution in [0.3, 0.4) is 0 Å². The average Bonchev–Trinajstić information content (AvgIpc) is 2.76. The summed E-state index contributed by atoms with van der Waals surface area (Å²) < 4.78 is 4.82. The lowest BCUT2D eigenvalue weighted by Gasteiger charge is -2.08. The predicted octanol–water partition coefficient (Wildman–Crippen LogP) is 2.47. The van der Waals surface area contributed by atoms with E-state index < -0.39 is 0 Å². The number of carbonyl (C=O) groups excluding carboxylic acids is 1. The van der Waals surface area contributed by atoms with Gasteiger partial charge < -0.3 is 9.73 Å². The van der Waals surface area contributed by atoms with E-state index in [0.717, 1.165) is 16.8 Å². The quantitative estimate of drug-likeness (QED) is 0.881. The molecule has 2 aromatic rings. The zero-order chi connectivity index (χ0) is 12.3. The Labute approximate surface area is 99.7 Å². The Morgan fingerprint density at radius 1 is 1.41 bits per heavy atom. The molecule has 4 nitrogen and oxygen atoms in total. The fourth-order valence-corrected chi connectivity index (χ4v) is 1.55. The predicted molar refractivity (Wildman–Crippen MR) is 64.8 cm³/mol. The van der Waals surface area contributed by atoms with Gasteiger partial charge in [0.25, 0.3) is 0 Å². The smallest absolute Gasteiger partial charge is 0.230 e. The molecule has 0 radical (unpaired) electrons. The number of carbonyl (C=O) groups is 1. The van der Waals surface area contributed by atoms with Gasteiger partial charge in [-0.15, -0.1) is 0 Å².